The number of aliphatic hydroxyl groups excluding tert-OH is 1. The van der Waals surface area contributed by atoms with Crippen molar-refractivity contribution in [3.8, 4) is 0 Å². The fourth-order valence-electron chi connectivity index (χ4n) is 7.53. The van der Waals surface area contributed by atoms with E-state index in [1.54, 1.807) is 44.9 Å². The van der Waals surface area contributed by atoms with Gasteiger partial charge in [0.2, 0.25) is 23.6 Å². The molecule has 3 N–H and O–H groups in total. The van der Waals surface area contributed by atoms with Gasteiger partial charge in [-0.1, -0.05) is 85.2 Å². The second-order valence-corrected chi connectivity index (χ2v) is 16.7. The van der Waals surface area contributed by atoms with E-state index >= 15 is 0 Å². The molecule has 0 spiro atoms. The molecule has 0 radical (unpaired) electrons. The topological polar surface area (TPSA) is 141 Å². The van der Waals surface area contributed by atoms with Gasteiger partial charge < -0.3 is 35.0 Å². The predicted octanol–water partition coefficient (Wildman–Crippen LogP) is 4.59. The number of benzene rings is 1. The lowest BCUT2D eigenvalue weighted by atomic mass is 9.89. The zero-order valence-corrected chi connectivity index (χ0v) is 35.6. The molecule has 1 aromatic rings. The minimum atomic E-state index is -0.876. The maximum atomic E-state index is 14.2. The van der Waals surface area contributed by atoms with Crippen molar-refractivity contribution >= 4 is 46.5 Å². The smallest absolute Gasteiger partial charge is 0.245 e. The number of ether oxygens (including phenoxy) is 2. The Morgan fingerprint density at radius 3 is 2.06 bits per heavy atom. The number of carbonyl (C=O) groups excluding carboxylic acids is 4. The fraction of sp³-hybridized carbons (Fsp3) is 0.744. The minimum Gasteiger partial charge on any atom is -0.386 e. The van der Waals surface area contributed by atoms with Crippen LogP contribution in [0.25, 0.3) is 0 Å². The van der Waals surface area contributed by atoms with Gasteiger partial charge in [0, 0.05) is 50.7 Å². The first-order valence-electron chi connectivity index (χ1n) is 18.8. The zero-order chi connectivity index (χ0) is 39.4. The van der Waals surface area contributed by atoms with Crippen LogP contribution in [-0.4, -0.2) is 119 Å². The molecule has 1 aliphatic heterocycles. The minimum absolute atomic E-state index is 0.0165. The maximum absolute atomic E-state index is 14.2. The number of rotatable bonds is 20. The van der Waals surface area contributed by atoms with E-state index < -0.39 is 48.4 Å². The molecule has 1 saturated heterocycles. The van der Waals surface area contributed by atoms with Crippen LogP contribution >= 0.6 is 22.9 Å². The zero-order valence-electron chi connectivity index (χ0n) is 33.5. The Labute approximate surface area is 326 Å². The van der Waals surface area contributed by atoms with Crippen LogP contribution in [0.15, 0.2) is 30.3 Å². The number of methoxy groups -OCH3 is 2. The van der Waals surface area contributed by atoms with Crippen molar-refractivity contribution in [1.82, 2.24) is 23.5 Å². The Balaban J connectivity index is 2.25. The van der Waals surface area contributed by atoms with Crippen molar-refractivity contribution in [2.24, 2.45) is 23.7 Å². The lowest BCUT2D eigenvalue weighted by Gasteiger charge is -2.41. The van der Waals surface area contributed by atoms with Gasteiger partial charge in [-0.25, -0.2) is 3.11 Å². The molecule has 1 aromatic carbocycles. The van der Waals surface area contributed by atoms with Crippen molar-refractivity contribution in [2.75, 3.05) is 34.9 Å². The van der Waals surface area contributed by atoms with Crippen LogP contribution in [0.2, 0.25) is 0 Å². The number of likely N-dealkylation sites (tertiary alicyclic amines) is 1. The highest BCUT2D eigenvalue weighted by atomic mass is 127. The van der Waals surface area contributed by atoms with Crippen LogP contribution in [0.4, 0.5) is 0 Å². The van der Waals surface area contributed by atoms with E-state index in [1.165, 1.54) is 0 Å². The summed E-state index contributed by atoms with van der Waals surface area (Å²) < 4.78 is 13.8. The van der Waals surface area contributed by atoms with Gasteiger partial charge in [0.05, 0.1) is 48.8 Å². The van der Waals surface area contributed by atoms with E-state index in [0.717, 1.165) is 12.8 Å². The summed E-state index contributed by atoms with van der Waals surface area (Å²) in [6.45, 7) is 15.9. The van der Waals surface area contributed by atoms with Crippen molar-refractivity contribution in [3.63, 3.8) is 0 Å². The standard InChI is InChI=1S/C39H66IN5O7/c1-13-25(6)34(43(9)39(50)32(23(2)3)42-38(49)33(24(4)5)44(10)40)30(51-11)22-31(46)45-21-17-20-29(45)36(52-12)26(7)37(48)41-27(8)35(47)28-18-15-14-16-19-28/h14-16,18-19,23-27,29-30,32-36,47H,13,17,20-22H2,1-12H3,(H,41,48)(H,42,49)/t25-,26+,27+,29-,30+,32-,33-,34-,35+,36?/m0/s1. The van der Waals surface area contributed by atoms with Crippen LogP contribution in [0.1, 0.15) is 92.7 Å². The molecule has 52 heavy (non-hydrogen) atoms. The molecule has 10 atom stereocenters. The first-order valence-corrected chi connectivity index (χ1v) is 19.7. The fourth-order valence-corrected chi connectivity index (χ4v) is 8.42. The van der Waals surface area contributed by atoms with Crippen LogP contribution in [0.5, 0.6) is 0 Å². The van der Waals surface area contributed by atoms with Gasteiger partial charge >= 0.3 is 0 Å². The summed E-state index contributed by atoms with van der Waals surface area (Å²) >= 11 is 2.11. The number of hydrogen-bond acceptors (Lipinski definition) is 8. The van der Waals surface area contributed by atoms with Crippen molar-refractivity contribution in [2.45, 2.75) is 130 Å². The molecule has 2 rings (SSSR count). The molecular formula is C39H66IN5O7. The summed E-state index contributed by atoms with van der Waals surface area (Å²) in [7, 11) is 6.70. The lowest BCUT2D eigenvalue weighted by molar-refractivity contribution is -0.148. The van der Waals surface area contributed by atoms with Crippen molar-refractivity contribution < 1.29 is 33.8 Å². The van der Waals surface area contributed by atoms with E-state index in [9.17, 15) is 24.3 Å². The van der Waals surface area contributed by atoms with Crippen molar-refractivity contribution in [3.05, 3.63) is 35.9 Å². The summed E-state index contributed by atoms with van der Waals surface area (Å²) in [5.41, 5.74) is 0.711. The molecule has 0 bridgehead atoms. The summed E-state index contributed by atoms with van der Waals surface area (Å²) in [5.74, 6) is -1.59. The van der Waals surface area contributed by atoms with Crippen LogP contribution in [0.3, 0.4) is 0 Å². The average Bonchev–Trinajstić information content (AvgIpc) is 3.59. The molecule has 0 saturated carbocycles. The highest BCUT2D eigenvalue weighted by molar-refractivity contribution is 14.1. The molecule has 13 heteroatoms. The second kappa shape index (κ2) is 21.5. The first-order chi connectivity index (χ1) is 24.4. The SMILES string of the molecule is CC[C@H](C)[C@@H]([C@@H](CC(=O)N1CCC[C@H]1C(OC)[C@@H](C)C(=O)N[C@H](C)[C@@H](O)c1ccccc1)OC)N(C)C(=O)[C@@H](NC(=O)[C@H](C(C)C)N(C)I)C(C)C. The van der Waals surface area contributed by atoms with Gasteiger partial charge in [-0.3, -0.25) is 19.2 Å². The predicted molar refractivity (Wildman–Crippen MR) is 212 cm³/mol. The lowest BCUT2D eigenvalue weighted by Crippen LogP contribution is -2.59. The molecule has 0 aromatic heterocycles. The number of likely N-dealkylation sites (N-methyl/N-ethyl adjacent to an activating group) is 2. The summed E-state index contributed by atoms with van der Waals surface area (Å²) in [6.07, 6.45) is 0.143. The number of hydrogen-bond donors (Lipinski definition) is 3. The number of aliphatic hydroxyl groups is 1. The number of nitrogens with zero attached hydrogens (tertiary/aromatic N) is 3. The third-order valence-electron chi connectivity index (χ3n) is 10.8. The molecule has 12 nitrogen and oxygen atoms in total. The molecular weight excluding hydrogens is 777 g/mol. The monoisotopic (exact) mass is 843 g/mol. The number of amides is 4. The van der Waals surface area contributed by atoms with Gasteiger partial charge in [-0.15, -0.1) is 0 Å². The number of carbonyl (C=O) groups is 4. The molecule has 1 heterocycles. The Morgan fingerprint density at radius 2 is 1.56 bits per heavy atom. The largest absolute Gasteiger partial charge is 0.386 e. The van der Waals surface area contributed by atoms with Crippen LogP contribution < -0.4 is 10.6 Å². The summed E-state index contributed by atoms with van der Waals surface area (Å²) in [4.78, 5) is 58.7. The van der Waals surface area contributed by atoms with E-state index in [-0.39, 0.29) is 53.8 Å². The Bertz CT molecular complexity index is 1280. The van der Waals surface area contributed by atoms with Crippen LogP contribution in [-0.2, 0) is 28.7 Å². The number of nitrogens with one attached hydrogen (secondary N) is 2. The van der Waals surface area contributed by atoms with Crippen LogP contribution in [0, 0.1) is 23.7 Å². The van der Waals surface area contributed by atoms with E-state index in [4.69, 9.17) is 9.47 Å². The van der Waals surface area contributed by atoms with Crippen molar-refractivity contribution in [1.29, 1.82) is 0 Å². The van der Waals surface area contributed by atoms with Gasteiger partial charge in [0.1, 0.15) is 12.1 Å². The molecule has 4 amide bonds. The normalized spacial score (nSPS) is 20.1. The van der Waals surface area contributed by atoms with E-state index in [0.29, 0.717) is 18.5 Å². The summed E-state index contributed by atoms with van der Waals surface area (Å²) in [5, 5.41) is 16.8. The first kappa shape index (κ1) is 45.8. The molecule has 0 aliphatic carbocycles. The maximum Gasteiger partial charge on any atom is 0.245 e. The second-order valence-electron chi connectivity index (χ2n) is 15.2. The Morgan fingerprint density at radius 1 is 0.942 bits per heavy atom. The number of halogens is 1. The average molecular weight is 844 g/mol. The Kier molecular flexibility index (Phi) is 19.0. The highest BCUT2D eigenvalue weighted by Gasteiger charge is 2.43. The van der Waals surface area contributed by atoms with Gasteiger partial charge in [0.15, 0.2) is 0 Å². The Hall–Kier alpha value is -2.33. The quantitative estimate of drug-likeness (QED) is 0.128. The third-order valence-corrected chi connectivity index (χ3v) is 11.4. The molecule has 1 fully saturated rings. The van der Waals surface area contributed by atoms with Gasteiger partial charge in [-0.2, -0.15) is 0 Å². The molecule has 296 valence electrons. The highest BCUT2D eigenvalue weighted by Crippen LogP contribution is 2.30. The molecule has 1 unspecified atom stereocenters. The van der Waals surface area contributed by atoms with E-state index in [2.05, 4.69) is 33.5 Å². The molecule has 1 aliphatic rings. The summed E-state index contributed by atoms with van der Waals surface area (Å²) in [6, 6.07) is 6.70. The third kappa shape index (κ3) is 11.8. The van der Waals surface area contributed by atoms with Gasteiger partial charge in [0.25, 0.3) is 0 Å². The van der Waals surface area contributed by atoms with Gasteiger partial charge in [-0.05, 0) is 50.1 Å². The van der Waals surface area contributed by atoms with E-state index in [1.807, 2.05) is 82.0 Å².